The smallest absolute Gasteiger partial charge is 0.236 e. The number of rotatable bonds is 4. The van der Waals surface area contributed by atoms with Crippen molar-refractivity contribution in [1.29, 1.82) is 0 Å². The van der Waals surface area contributed by atoms with Crippen LogP contribution in [-0.4, -0.2) is 55.5 Å². The summed E-state index contributed by atoms with van der Waals surface area (Å²) in [7, 11) is 2.01. The molecule has 1 aromatic rings. The van der Waals surface area contributed by atoms with E-state index in [0.29, 0.717) is 6.54 Å². The van der Waals surface area contributed by atoms with E-state index in [-0.39, 0.29) is 11.9 Å². The molecule has 1 fully saturated rings. The lowest BCUT2D eigenvalue weighted by Gasteiger charge is -2.31. The zero-order valence-corrected chi connectivity index (χ0v) is 13.7. The van der Waals surface area contributed by atoms with Crippen LogP contribution in [-0.2, 0) is 4.79 Å². The Morgan fingerprint density at radius 2 is 1.95 bits per heavy atom. The zero-order chi connectivity index (χ0) is 14.5. The number of piperazine rings is 1. The zero-order valence-electron chi connectivity index (χ0n) is 12.1. The highest BCUT2D eigenvalue weighted by Crippen LogP contribution is 2.20. The van der Waals surface area contributed by atoms with E-state index >= 15 is 0 Å². The summed E-state index contributed by atoms with van der Waals surface area (Å²) < 4.78 is 1.08. The first-order valence-electron chi connectivity index (χ1n) is 7.02. The Kier molecular flexibility index (Phi) is 5.57. The molecular weight excluding hydrogens is 318 g/mol. The highest BCUT2D eigenvalue weighted by molar-refractivity contribution is 9.10. The molecule has 1 heterocycles. The maximum Gasteiger partial charge on any atom is 0.236 e. The molecule has 1 N–H and O–H groups in total. The first-order chi connectivity index (χ1) is 9.58. The van der Waals surface area contributed by atoms with Crippen LogP contribution in [0.3, 0.4) is 0 Å². The molecule has 1 aliphatic rings. The number of nitrogens with one attached hydrogen (secondary N) is 1. The fraction of sp³-hybridized carbons (Fsp3) is 0.533. The van der Waals surface area contributed by atoms with Crippen molar-refractivity contribution in [1.82, 2.24) is 15.1 Å². The van der Waals surface area contributed by atoms with Gasteiger partial charge in [-0.3, -0.25) is 9.69 Å². The Balaban J connectivity index is 1.91. The fourth-order valence-corrected chi connectivity index (χ4v) is 2.62. The lowest BCUT2D eigenvalue weighted by atomic mass is 10.1. The Hall–Kier alpha value is -0.910. The van der Waals surface area contributed by atoms with E-state index in [0.717, 1.165) is 30.7 Å². The quantitative estimate of drug-likeness (QED) is 0.909. The second-order valence-electron chi connectivity index (χ2n) is 5.27. The minimum absolute atomic E-state index is 0.220. The Morgan fingerprint density at radius 1 is 1.35 bits per heavy atom. The second kappa shape index (κ2) is 7.20. The Bertz CT molecular complexity index is 443. The molecule has 2 rings (SSSR count). The third-order valence-electron chi connectivity index (χ3n) is 3.87. The molecule has 1 amide bonds. The van der Waals surface area contributed by atoms with E-state index in [1.165, 1.54) is 5.56 Å². The minimum Gasteiger partial charge on any atom is -0.339 e. The van der Waals surface area contributed by atoms with Crippen LogP contribution in [0.25, 0.3) is 0 Å². The summed E-state index contributed by atoms with van der Waals surface area (Å²) in [6.07, 6.45) is 0. The number of carbonyl (C=O) groups is 1. The average Bonchev–Trinajstić information content (AvgIpc) is 2.48. The van der Waals surface area contributed by atoms with Crippen molar-refractivity contribution in [3.05, 3.63) is 34.3 Å². The summed E-state index contributed by atoms with van der Waals surface area (Å²) in [6, 6.07) is 8.51. The molecule has 0 aliphatic carbocycles. The standard InChI is InChI=1S/C15H22BrN3O/c1-12(13-3-5-14(16)6-4-13)18(2)11-15(20)19-9-7-17-8-10-19/h3-6,12,17H,7-11H2,1-2H3. The summed E-state index contributed by atoms with van der Waals surface area (Å²) in [4.78, 5) is 16.3. The highest BCUT2D eigenvalue weighted by atomic mass is 79.9. The molecular formula is C15H22BrN3O. The number of halogens is 1. The number of likely N-dealkylation sites (N-methyl/N-ethyl adjacent to an activating group) is 1. The van der Waals surface area contributed by atoms with Gasteiger partial charge in [0.05, 0.1) is 6.54 Å². The van der Waals surface area contributed by atoms with E-state index in [9.17, 15) is 4.79 Å². The maximum absolute atomic E-state index is 12.2. The highest BCUT2D eigenvalue weighted by Gasteiger charge is 2.20. The van der Waals surface area contributed by atoms with Crippen molar-refractivity contribution < 1.29 is 4.79 Å². The van der Waals surface area contributed by atoms with Crippen LogP contribution < -0.4 is 5.32 Å². The average molecular weight is 340 g/mol. The van der Waals surface area contributed by atoms with Gasteiger partial charge in [-0.1, -0.05) is 28.1 Å². The van der Waals surface area contributed by atoms with Crippen LogP contribution in [0, 0.1) is 0 Å². The summed E-state index contributed by atoms with van der Waals surface area (Å²) in [6.45, 7) is 6.04. The largest absolute Gasteiger partial charge is 0.339 e. The molecule has 1 atom stereocenters. The molecule has 1 aliphatic heterocycles. The number of benzene rings is 1. The van der Waals surface area contributed by atoms with Crippen molar-refractivity contribution in [3.63, 3.8) is 0 Å². The lowest BCUT2D eigenvalue weighted by Crippen LogP contribution is -2.49. The van der Waals surface area contributed by atoms with Crippen LogP contribution in [0.1, 0.15) is 18.5 Å². The number of carbonyl (C=O) groups excluding carboxylic acids is 1. The van der Waals surface area contributed by atoms with Crippen molar-refractivity contribution in [3.8, 4) is 0 Å². The molecule has 5 heteroatoms. The lowest BCUT2D eigenvalue weighted by molar-refractivity contribution is -0.133. The van der Waals surface area contributed by atoms with Gasteiger partial charge in [0.15, 0.2) is 0 Å². The van der Waals surface area contributed by atoms with E-state index in [1.807, 2.05) is 24.1 Å². The summed E-state index contributed by atoms with van der Waals surface area (Å²) in [5, 5.41) is 3.26. The normalized spacial score (nSPS) is 17.3. The van der Waals surface area contributed by atoms with Gasteiger partial charge in [0.2, 0.25) is 5.91 Å². The van der Waals surface area contributed by atoms with Crippen LogP contribution in [0.4, 0.5) is 0 Å². The molecule has 0 bridgehead atoms. The molecule has 1 unspecified atom stereocenters. The van der Waals surface area contributed by atoms with E-state index in [1.54, 1.807) is 0 Å². The van der Waals surface area contributed by atoms with Crippen LogP contribution in [0.2, 0.25) is 0 Å². The first kappa shape index (κ1) is 15.5. The van der Waals surface area contributed by atoms with Crippen LogP contribution in [0.5, 0.6) is 0 Å². The summed E-state index contributed by atoms with van der Waals surface area (Å²) >= 11 is 3.44. The molecule has 110 valence electrons. The fourth-order valence-electron chi connectivity index (χ4n) is 2.36. The van der Waals surface area contributed by atoms with Gasteiger partial charge in [0.25, 0.3) is 0 Å². The SMILES string of the molecule is CC(c1ccc(Br)cc1)N(C)CC(=O)N1CCNCC1. The molecule has 0 spiro atoms. The number of amides is 1. The predicted octanol–water partition coefficient (Wildman–Crippen LogP) is 1.87. The number of hydrogen-bond donors (Lipinski definition) is 1. The van der Waals surface area contributed by atoms with Gasteiger partial charge in [0.1, 0.15) is 0 Å². The summed E-state index contributed by atoms with van der Waals surface area (Å²) in [5.74, 6) is 0.220. The topological polar surface area (TPSA) is 35.6 Å². The van der Waals surface area contributed by atoms with Crippen molar-refractivity contribution in [2.45, 2.75) is 13.0 Å². The molecule has 0 radical (unpaired) electrons. The second-order valence-corrected chi connectivity index (χ2v) is 6.19. The molecule has 1 aromatic carbocycles. The molecule has 4 nitrogen and oxygen atoms in total. The van der Waals surface area contributed by atoms with Gasteiger partial charge in [-0.25, -0.2) is 0 Å². The Morgan fingerprint density at radius 3 is 2.55 bits per heavy atom. The third-order valence-corrected chi connectivity index (χ3v) is 4.40. The number of hydrogen-bond acceptors (Lipinski definition) is 3. The predicted molar refractivity (Wildman–Crippen MR) is 84.6 cm³/mol. The number of nitrogens with zero attached hydrogens (tertiary/aromatic N) is 2. The van der Waals surface area contributed by atoms with Gasteiger partial charge in [0, 0.05) is 36.7 Å². The van der Waals surface area contributed by atoms with Crippen LogP contribution in [0.15, 0.2) is 28.7 Å². The summed E-state index contributed by atoms with van der Waals surface area (Å²) in [5.41, 5.74) is 1.23. The van der Waals surface area contributed by atoms with Gasteiger partial charge >= 0.3 is 0 Å². The van der Waals surface area contributed by atoms with Crippen molar-refractivity contribution in [2.75, 3.05) is 39.8 Å². The van der Waals surface area contributed by atoms with Gasteiger partial charge in [-0.15, -0.1) is 0 Å². The van der Waals surface area contributed by atoms with E-state index < -0.39 is 0 Å². The molecule has 0 aromatic heterocycles. The monoisotopic (exact) mass is 339 g/mol. The Labute approximate surface area is 129 Å². The van der Waals surface area contributed by atoms with Gasteiger partial charge < -0.3 is 10.2 Å². The molecule has 0 saturated carbocycles. The maximum atomic E-state index is 12.2. The third kappa shape index (κ3) is 4.04. The minimum atomic E-state index is 0.220. The van der Waals surface area contributed by atoms with E-state index in [4.69, 9.17) is 0 Å². The van der Waals surface area contributed by atoms with Crippen molar-refractivity contribution >= 4 is 21.8 Å². The first-order valence-corrected chi connectivity index (χ1v) is 7.81. The van der Waals surface area contributed by atoms with Gasteiger partial charge in [-0.05, 0) is 31.7 Å². The van der Waals surface area contributed by atoms with E-state index in [2.05, 4.69) is 45.2 Å². The molecule has 1 saturated heterocycles. The molecule has 20 heavy (non-hydrogen) atoms. The van der Waals surface area contributed by atoms with Gasteiger partial charge in [-0.2, -0.15) is 0 Å². The van der Waals surface area contributed by atoms with Crippen molar-refractivity contribution in [2.24, 2.45) is 0 Å². The van der Waals surface area contributed by atoms with Crippen LogP contribution >= 0.6 is 15.9 Å².